The molecule has 0 aliphatic heterocycles. The van der Waals surface area contributed by atoms with Gasteiger partial charge in [-0.1, -0.05) is 12.1 Å². The SMILES string of the molecule is CCO[Si](C)(C)CCCc1ccc(F)cc1. The van der Waals surface area contributed by atoms with E-state index in [0.29, 0.717) is 0 Å². The van der Waals surface area contributed by atoms with Crippen LogP contribution in [0.25, 0.3) is 0 Å². The zero-order chi connectivity index (χ0) is 12.0. The number of rotatable bonds is 6. The third kappa shape index (κ3) is 4.90. The van der Waals surface area contributed by atoms with E-state index in [-0.39, 0.29) is 5.82 Å². The van der Waals surface area contributed by atoms with Crippen molar-refractivity contribution in [3.8, 4) is 0 Å². The summed E-state index contributed by atoms with van der Waals surface area (Å²) < 4.78 is 18.5. The normalized spacial score (nSPS) is 11.8. The fraction of sp³-hybridized carbons (Fsp3) is 0.538. The molecule has 0 N–H and O–H groups in total. The zero-order valence-corrected chi connectivity index (χ0v) is 11.4. The van der Waals surface area contributed by atoms with Crippen LogP contribution in [0.5, 0.6) is 0 Å². The van der Waals surface area contributed by atoms with E-state index in [2.05, 4.69) is 20.0 Å². The van der Waals surface area contributed by atoms with E-state index in [9.17, 15) is 4.39 Å². The second kappa shape index (κ2) is 6.16. The van der Waals surface area contributed by atoms with Crippen molar-refractivity contribution in [3.63, 3.8) is 0 Å². The lowest BCUT2D eigenvalue weighted by Crippen LogP contribution is -2.30. The van der Waals surface area contributed by atoms with Gasteiger partial charge in [0.1, 0.15) is 5.82 Å². The number of aryl methyl sites for hydroxylation is 1. The summed E-state index contributed by atoms with van der Waals surface area (Å²) in [5.74, 6) is -0.159. The van der Waals surface area contributed by atoms with Gasteiger partial charge in [0, 0.05) is 6.61 Å². The van der Waals surface area contributed by atoms with Crippen LogP contribution in [0.2, 0.25) is 19.1 Å². The van der Waals surface area contributed by atoms with E-state index in [1.807, 2.05) is 12.1 Å². The van der Waals surface area contributed by atoms with E-state index >= 15 is 0 Å². The highest BCUT2D eigenvalue weighted by atomic mass is 28.4. The van der Waals surface area contributed by atoms with Gasteiger partial charge in [-0.25, -0.2) is 4.39 Å². The molecule has 1 aromatic carbocycles. The second-order valence-electron chi connectivity index (χ2n) is 4.67. The Balaban J connectivity index is 2.32. The maximum Gasteiger partial charge on any atom is 0.186 e. The van der Waals surface area contributed by atoms with Crippen LogP contribution in [0.1, 0.15) is 18.9 Å². The maximum absolute atomic E-state index is 12.7. The smallest absolute Gasteiger partial charge is 0.186 e. The van der Waals surface area contributed by atoms with Gasteiger partial charge in [0.2, 0.25) is 0 Å². The Labute approximate surface area is 98.8 Å². The Morgan fingerprint density at radius 1 is 1.19 bits per heavy atom. The third-order valence-corrected chi connectivity index (χ3v) is 5.32. The first-order valence-electron chi connectivity index (χ1n) is 5.92. The van der Waals surface area contributed by atoms with Gasteiger partial charge >= 0.3 is 0 Å². The molecular formula is C13H21FOSi. The van der Waals surface area contributed by atoms with Crippen molar-refractivity contribution in [1.29, 1.82) is 0 Å². The van der Waals surface area contributed by atoms with Crippen molar-refractivity contribution in [2.45, 2.75) is 38.9 Å². The van der Waals surface area contributed by atoms with Gasteiger partial charge in [-0.05, 0) is 56.6 Å². The van der Waals surface area contributed by atoms with Gasteiger partial charge in [-0.2, -0.15) is 0 Å². The van der Waals surface area contributed by atoms with Crippen LogP contribution < -0.4 is 0 Å². The zero-order valence-electron chi connectivity index (χ0n) is 10.4. The fourth-order valence-electron chi connectivity index (χ4n) is 1.83. The van der Waals surface area contributed by atoms with Crippen molar-refractivity contribution in [1.82, 2.24) is 0 Å². The van der Waals surface area contributed by atoms with Crippen molar-refractivity contribution < 1.29 is 8.82 Å². The largest absolute Gasteiger partial charge is 0.418 e. The fourth-order valence-corrected chi connectivity index (χ4v) is 3.79. The molecule has 90 valence electrons. The molecule has 0 bridgehead atoms. The topological polar surface area (TPSA) is 9.23 Å². The minimum atomic E-state index is -1.44. The molecular weight excluding hydrogens is 219 g/mol. The highest BCUT2D eigenvalue weighted by Crippen LogP contribution is 2.16. The number of hydrogen-bond donors (Lipinski definition) is 0. The Morgan fingerprint density at radius 2 is 1.81 bits per heavy atom. The first-order chi connectivity index (χ1) is 7.53. The Morgan fingerprint density at radius 3 is 2.38 bits per heavy atom. The molecule has 0 aliphatic rings. The number of hydrogen-bond acceptors (Lipinski definition) is 1. The minimum Gasteiger partial charge on any atom is -0.418 e. The van der Waals surface area contributed by atoms with Crippen LogP contribution in [0.4, 0.5) is 4.39 Å². The van der Waals surface area contributed by atoms with Crippen molar-refractivity contribution >= 4 is 8.32 Å². The molecule has 3 heteroatoms. The molecule has 0 fully saturated rings. The summed E-state index contributed by atoms with van der Waals surface area (Å²) in [6, 6.07) is 7.95. The minimum absolute atomic E-state index is 0.159. The summed E-state index contributed by atoms with van der Waals surface area (Å²) >= 11 is 0. The Bertz CT molecular complexity index is 308. The predicted octanol–water partition coefficient (Wildman–Crippen LogP) is 4.00. The van der Waals surface area contributed by atoms with Crippen molar-refractivity contribution in [2.75, 3.05) is 6.61 Å². The lowest BCUT2D eigenvalue weighted by atomic mass is 10.1. The van der Waals surface area contributed by atoms with E-state index in [1.54, 1.807) is 0 Å². The van der Waals surface area contributed by atoms with Crippen LogP contribution in [-0.4, -0.2) is 14.9 Å². The van der Waals surface area contributed by atoms with Crippen LogP contribution in [0, 0.1) is 5.82 Å². The second-order valence-corrected chi connectivity index (χ2v) is 8.98. The van der Waals surface area contributed by atoms with Gasteiger partial charge in [0.25, 0.3) is 0 Å². The standard InChI is InChI=1S/C13H21FOSi/c1-4-15-16(2,3)11-5-6-12-7-9-13(14)10-8-12/h7-10H,4-6,11H2,1-3H3. The lowest BCUT2D eigenvalue weighted by molar-refractivity contribution is 0.328. The molecule has 1 nitrogen and oxygen atoms in total. The van der Waals surface area contributed by atoms with Gasteiger partial charge < -0.3 is 4.43 Å². The average Bonchev–Trinajstić information content (AvgIpc) is 2.20. The molecule has 0 spiro atoms. The molecule has 0 unspecified atom stereocenters. The summed E-state index contributed by atoms with van der Waals surface area (Å²) in [6.45, 7) is 7.37. The first-order valence-corrected chi connectivity index (χ1v) is 9.03. The maximum atomic E-state index is 12.7. The molecule has 1 rings (SSSR count). The molecule has 0 heterocycles. The van der Waals surface area contributed by atoms with Crippen LogP contribution in [0.15, 0.2) is 24.3 Å². The summed E-state index contributed by atoms with van der Waals surface area (Å²) in [6.07, 6.45) is 2.15. The summed E-state index contributed by atoms with van der Waals surface area (Å²) in [7, 11) is -1.44. The van der Waals surface area contributed by atoms with E-state index in [4.69, 9.17) is 4.43 Å². The van der Waals surface area contributed by atoms with E-state index in [0.717, 1.165) is 25.5 Å². The predicted molar refractivity (Wildman–Crippen MR) is 68.6 cm³/mol. The molecule has 1 aromatic rings. The molecule has 16 heavy (non-hydrogen) atoms. The highest BCUT2D eigenvalue weighted by molar-refractivity contribution is 6.71. The van der Waals surface area contributed by atoms with E-state index < -0.39 is 8.32 Å². The molecule has 0 saturated carbocycles. The van der Waals surface area contributed by atoms with Gasteiger partial charge in [0.05, 0.1) is 0 Å². The quantitative estimate of drug-likeness (QED) is 0.683. The third-order valence-electron chi connectivity index (χ3n) is 2.69. The number of benzene rings is 1. The van der Waals surface area contributed by atoms with Crippen LogP contribution in [-0.2, 0) is 10.8 Å². The Kier molecular flexibility index (Phi) is 5.15. The average molecular weight is 240 g/mol. The summed E-state index contributed by atoms with van der Waals surface area (Å²) in [5.41, 5.74) is 1.21. The van der Waals surface area contributed by atoms with Gasteiger partial charge in [0.15, 0.2) is 8.32 Å². The summed E-state index contributed by atoms with van der Waals surface area (Å²) in [5, 5.41) is 0. The van der Waals surface area contributed by atoms with Crippen molar-refractivity contribution in [2.24, 2.45) is 0 Å². The Hall–Kier alpha value is -0.673. The molecule has 0 saturated heterocycles. The van der Waals surface area contributed by atoms with Crippen LogP contribution >= 0.6 is 0 Å². The lowest BCUT2D eigenvalue weighted by Gasteiger charge is -2.21. The monoisotopic (exact) mass is 240 g/mol. The number of halogens is 1. The molecule has 0 radical (unpaired) electrons. The van der Waals surface area contributed by atoms with Crippen LogP contribution in [0.3, 0.4) is 0 Å². The van der Waals surface area contributed by atoms with E-state index in [1.165, 1.54) is 17.7 Å². The van der Waals surface area contributed by atoms with Gasteiger partial charge in [-0.3, -0.25) is 0 Å². The molecule has 0 amide bonds. The highest BCUT2D eigenvalue weighted by Gasteiger charge is 2.20. The molecule has 0 aliphatic carbocycles. The molecule has 0 atom stereocenters. The van der Waals surface area contributed by atoms with Gasteiger partial charge in [-0.15, -0.1) is 0 Å². The molecule has 0 aromatic heterocycles. The van der Waals surface area contributed by atoms with Crippen molar-refractivity contribution in [3.05, 3.63) is 35.6 Å². The first kappa shape index (κ1) is 13.4. The summed E-state index contributed by atoms with van der Waals surface area (Å²) in [4.78, 5) is 0.